The molecule has 3 fully saturated rings. The van der Waals surface area contributed by atoms with Gasteiger partial charge in [0.2, 0.25) is 0 Å². The molecule has 6 heteroatoms. The molecule has 31 heavy (non-hydrogen) atoms. The minimum Gasteiger partial charge on any atom is -0.490 e. The Morgan fingerprint density at radius 3 is 2.06 bits per heavy atom. The first-order valence-electron chi connectivity index (χ1n) is 11.5. The van der Waals surface area contributed by atoms with Gasteiger partial charge in [-0.1, -0.05) is 0 Å². The molecular weight excluding hydrogens is 393 g/mol. The van der Waals surface area contributed by atoms with Gasteiger partial charge in [-0.2, -0.15) is 0 Å². The Morgan fingerprint density at radius 1 is 0.806 bits per heavy atom. The van der Waals surface area contributed by atoms with Crippen LogP contribution in [0, 0.1) is 5.82 Å². The fourth-order valence-corrected chi connectivity index (χ4v) is 4.67. The van der Waals surface area contributed by atoms with E-state index >= 15 is 0 Å². The summed E-state index contributed by atoms with van der Waals surface area (Å²) in [7, 11) is 0. The van der Waals surface area contributed by atoms with Crippen molar-refractivity contribution in [3.63, 3.8) is 0 Å². The standard InChI is InChI=1S/C25H30FN3O2/c26-20-3-1-19(2-4-20)25(30)29-17-15-28(16-18-29)22-7-9-23(10-8-22)31-24-11-13-27(14-12-24)21-5-6-21/h1-4,7-10,21,24H,5-6,11-18H2. The molecule has 5 nitrogen and oxygen atoms in total. The van der Waals surface area contributed by atoms with Gasteiger partial charge in [-0.15, -0.1) is 0 Å². The molecule has 1 saturated carbocycles. The van der Waals surface area contributed by atoms with Crippen LogP contribution in [0.25, 0.3) is 0 Å². The number of hydrogen-bond acceptors (Lipinski definition) is 4. The second kappa shape index (κ2) is 8.87. The number of halogens is 1. The molecule has 2 heterocycles. The number of piperazine rings is 1. The second-order valence-electron chi connectivity index (χ2n) is 8.86. The number of hydrogen-bond donors (Lipinski definition) is 0. The predicted octanol–water partition coefficient (Wildman–Crippen LogP) is 3.79. The van der Waals surface area contributed by atoms with Crippen LogP contribution in [0.3, 0.4) is 0 Å². The minimum absolute atomic E-state index is 0.0314. The number of amides is 1. The van der Waals surface area contributed by atoms with Crippen LogP contribution in [0.1, 0.15) is 36.0 Å². The van der Waals surface area contributed by atoms with E-state index in [1.165, 1.54) is 25.0 Å². The summed E-state index contributed by atoms with van der Waals surface area (Å²) in [4.78, 5) is 19.4. The lowest BCUT2D eigenvalue weighted by Crippen LogP contribution is -2.48. The maximum Gasteiger partial charge on any atom is 0.253 e. The lowest BCUT2D eigenvalue weighted by atomic mass is 10.1. The van der Waals surface area contributed by atoms with Crippen LogP contribution < -0.4 is 9.64 Å². The first-order chi connectivity index (χ1) is 15.2. The van der Waals surface area contributed by atoms with Crippen molar-refractivity contribution >= 4 is 11.6 Å². The highest BCUT2D eigenvalue weighted by Crippen LogP contribution is 2.30. The molecule has 5 rings (SSSR count). The summed E-state index contributed by atoms with van der Waals surface area (Å²) >= 11 is 0. The summed E-state index contributed by atoms with van der Waals surface area (Å²) in [5.41, 5.74) is 1.70. The van der Waals surface area contributed by atoms with Gasteiger partial charge in [0.25, 0.3) is 5.91 Å². The number of carbonyl (C=O) groups is 1. The third-order valence-electron chi connectivity index (χ3n) is 6.70. The molecule has 0 aromatic heterocycles. The highest BCUT2D eigenvalue weighted by Gasteiger charge is 2.32. The van der Waals surface area contributed by atoms with Gasteiger partial charge in [0.05, 0.1) is 0 Å². The number of benzene rings is 2. The third kappa shape index (κ3) is 4.85. The Bertz CT molecular complexity index is 882. The Hall–Kier alpha value is -2.60. The van der Waals surface area contributed by atoms with Crippen molar-refractivity contribution in [2.24, 2.45) is 0 Å². The Balaban J connectivity index is 1.10. The summed E-state index contributed by atoms with van der Waals surface area (Å²) in [6.07, 6.45) is 5.30. The number of anilines is 1. The van der Waals surface area contributed by atoms with Crippen molar-refractivity contribution in [3.05, 3.63) is 59.9 Å². The zero-order chi connectivity index (χ0) is 21.2. The average Bonchev–Trinajstić information content (AvgIpc) is 3.66. The van der Waals surface area contributed by atoms with E-state index in [0.29, 0.717) is 24.8 Å². The quantitative estimate of drug-likeness (QED) is 0.733. The first-order valence-corrected chi connectivity index (χ1v) is 11.5. The minimum atomic E-state index is -0.322. The molecule has 2 saturated heterocycles. The number of nitrogens with zero attached hydrogens (tertiary/aromatic N) is 3. The molecule has 2 aromatic carbocycles. The SMILES string of the molecule is O=C(c1ccc(F)cc1)N1CCN(c2ccc(OC3CCN(C4CC4)CC3)cc2)CC1. The highest BCUT2D eigenvalue weighted by atomic mass is 19.1. The van der Waals surface area contributed by atoms with E-state index in [-0.39, 0.29) is 11.7 Å². The van der Waals surface area contributed by atoms with E-state index < -0.39 is 0 Å². The molecule has 2 aromatic rings. The van der Waals surface area contributed by atoms with Crippen LogP contribution in [0.2, 0.25) is 0 Å². The van der Waals surface area contributed by atoms with Gasteiger partial charge in [0.15, 0.2) is 0 Å². The molecule has 2 aliphatic heterocycles. The van der Waals surface area contributed by atoms with Crippen molar-refractivity contribution in [1.82, 2.24) is 9.80 Å². The number of carbonyl (C=O) groups excluding carboxylic acids is 1. The van der Waals surface area contributed by atoms with Gasteiger partial charge in [-0.3, -0.25) is 4.79 Å². The van der Waals surface area contributed by atoms with Crippen LogP contribution in [0.4, 0.5) is 10.1 Å². The van der Waals surface area contributed by atoms with Crippen LogP contribution in [0.15, 0.2) is 48.5 Å². The summed E-state index contributed by atoms with van der Waals surface area (Å²) in [6, 6.07) is 15.0. The normalized spacial score (nSPS) is 20.7. The van der Waals surface area contributed by atoms with E-state index in [4.69, 9.17) is 4.74 Å². The van der Waals surface area contributed by atoms with Crippen molar-refractivity contribution in [2.45, 2.75) is 37.8 Å². The molecule has 0 radical (unpaired) electrons. The van der Waals surface area contributed by atoms with Gasteiger partial charge in [-0.05, 0) is 74.2 Å². The fourth-order valence-electron chi connectivity index (χ4n) is 4.67. The van der Waals surface area contributed by atoms with Gasteiger partial charge < -0.3 is 19.4 Å². The Morgan fingerprint density at radius 2 is 1.45 bits per heavy atom. The first kappa shape index (κ1) is 20.3. The van der Waals surface area contributed by atoms with Crippen molar-refractivity contribution in [3.8, 4) is 5.75 Å². The fraction of sp³-hybridized carbons (Fsp3) is 0.480. The molecule has 3 aliphatic rings. The van der Waals surface area contributed by atoms with Crippen LogP contribution >= 0.6 is 0 Å². The van der Waals surface area contributed by atoms with Gasteiger partial charge >= 0.3 is 0 Å². The molecular formula is C25H30FN3O2. The van der Waals surface area contributed by atoms with Gasteiger partial charge in [0.1, 0.15) is 17.7 Å². The van der Waals surface area contributed by atoms with Crippen LogP contribution in [0.5, 0.6) is 5.75 Å². The maximum absolute atomic E-state index is 13.1. The van der Waals surface area contributed by atoms with Crippen LogP contribution in [-0.4, -0.2) is 67.1 Å². The van der Waals surface area contributed by atoms with E-state index in [1.807, 2.05) is 4.90 Å². The smallest absolute Gasteiger partial charge is 0.253 e. The zero-order valence-electron chi connectivity index (χ0n) is 17.9. The third-order valence-corrected chi connectivity index (χ3v) is 6.70. The van der Waals surface area contributed by atoms with Gasteiger partial charge in [-0.25, -0.2) is 4.39 Å². The number of ether oxygens (including phenoxy) is 1. The van der Waals surface area contributed by atoms with Gasteiger partial charge in [0, 0.05) is 56.6 Å². The number of piperidine rings is 1. The molecule has 0 bridgehead atoms. The van der Waals surface area contributed by atoms with E-state index in [0.717, 1.165) is 56.5 Å². The lowest BCUT2D eigenvalue weighted by molar-refractivity contribution is 0.0746. The molecule has 0 N–H and O–H groups in total. The zero-order valence-corrected chi connectivity index (χ0v) is 17.9. The summed E-state index contributed by atoms with van der Waals surface area (Å²) in [6.45, 7) is 5.21. The monoisotopic (exact) mass is 423 g/mol. The van der Waals surface area contributed by atoms with E-state index in [9.17, 15) is 9.18 Å². The summed E-state index contributed by atoms with van der Waals surface area (Å²) in [5.74, 6) is 0.590. The second-order valence-corrected chi connectivity index (χ2v) is 8.86. The van der Waals surface area contributed by atoms with E-state index in [2.05, 4.69) is 34.1 Å². The van der Waals surface area contributed by atoms with E-state index in [1.54, 1.807) is 12.1 Å². The Labute approximate surface area is 183 Å². The lowest BCUT2D eigenvalue weighted by Gasteiger charge is -2.36. The average molecular weight is 424 g/mol. The van der Waals surface area contributed by atoms with Crippen molar-refractivity contribution in [1.29, 1.82) is 0 Å². The summed E-state index contributed by atoms with van der Waals surface area (Å²) < 4.78 is 19.3. The molecule has 1 aliphatic carbocycles. The molecule has 0 atom stereocenters. The van der Waals surface area contributed by atoms with Crippen LogP contribution in [-0.2, 0) is 0 Å². The predicted molar refractivity (Wildman–Crippen MR) is 119 cm³/mol. The molecule has 0 unspecified atom stereocenters. The molecule has 164 valence electrons. The number of likely N-dealkylation sites (tertiary alicyclic amines) is 1. The largest absolute Gasteiger partial charge is 0.490 e. The number of rotatable bonds is 5. The molecule has 0 spiro atoms. The van der Waals surface area contributed by atoms with Crippen molar-refractivity contribution in [2.75, 3.05) is 44.2 Å². The maximum atomic E-state index is 13.1. The topological polar surface area (TPSA) is 36.0 Å². The molecule has 1 amide bonds. The summed E-state index contributed by atoms with van der Waals surface area (Å²) in [5, 5.41) is 0. The van der Waals surface area contributed by atoms with Crippen molar-refractivity contribution < 1.29 is 13.9 Å². The Kier molecular flexibility index (Phi) is 5.81. The highest BCUT2D eigenvalue weighted by molar-refractivity contribution is 5.94.